The second-order valence-corrected chi connectivity index (χ2v) is 5.85. The molecule has 3 rings (SSSR count). The molecule has 24 heavy (non-hydrogen) atoms. The molecule has 0 aliphatic carbocycles. The van der Waals surface area contributed by atoms with Gasteiger partial charge in [-0.25, -0.2) is 14.2 Å². The predicted octanol–water partition coefficient (Wildman–Crippen LogP) is 2.33. The fourth-order valence-electron chi connectivity index (χ4n) is 2.81. The van der Waals surface area contributed by atoms with Gasteiger partial charge in [0.1, 0.15) is 17.7 Å². The van der Waals surface area contributed by atoms with Gasteiger partial charge in [-0.05, 0) is 43.5 Å². The standard InChI is InChI=1S/C17H19FN4O2/c1-11-4-5-12(18)9-14(11)16(23)24-13-3-2-8-22(10-13)15-6-7-20-17(19)21-15/h4-7,9,13H,2-3,8,10H2,1H3,(H2,19,20,21)/t13-/m0/s1. The van der Waals surface area contributed by atoms with Crippen LogP contribution in [0.15, 0.2) is 30.5 Å². The van der Waals surface area contributed by atoms with Crippen LogP contribution in [0.25, 0.3) is 0 Å². The minimum absolute atomic E-state index is 0.210. The number of nitrogens with two attached hydrogens (primary N) is 1. The summed E-state index contributed by atoms with van der Waals surface area (Å²) in [5, 5.41) is 0. The molecule has 7 heteroatoms. The van der Waals surface area contributed by atoms with E-state index in [-0.39, 0.29) is 17.6 Å². The Balaban J connectivity index is 1.69. The minimum atomic E-state index is -0.499. The first-order chi connectivity index (χ1) is 11.5. The van der Waals surface area contributed by atoms with E-state index in [4.69, 9.17) is 10.5 Å². The summed E-state index contributed by atoms with van der Waals surface area (Å²) >= 11 is 0. The van der Waals surface area contributed by atoms with Crippen LogP contribution in [0.1, 0.15) is 28.8 Å². The van der Waals surface area contributed by atoms with Gasteiger partial charge < -0.3 is 15.4 Å². The SMILES string of the molecule is Cc1ccc(F)cc1C(=O)O[C@H]1CCCN(c2ccnc(N)n2)C1. The van der Waals surface area contributed by atoms with Crippen LogP contribution in [-0.2, 0) is 4.74 Å². The quantitative estimate of drug-likeness (QED) is 0.870. The van der Waals surface area contributed by atoms with Crippen LogP contribution in [0, 0.1) is 12.7 Å². The number of aryl methyl sites for hydroxylation is 1. The molecule has 6 nitrogen and oxygen atoms in total. The number of nitrogen functional groups attached to an aromatic ring is 1. The van der Waals surface area contributed by atoms with E-state index in [9.17, 15) is 9.18 Å². The van der Waals surface area contributed by atoms with Crippen molar-refractivity contribution in [3.05, 3.63) is 47.4 Å². The van der Waals surface area contributed by atoms with Crippen molar-refractivity contribution in [1.29, 1.82) is 0 Å². The summed E-state index contributed by atoms with van der Waals surface area (Å²) in [5.41, 5.74) is 6.57. The molecule has 0 radical (unpaired) electrons. The van der Waals surface area contributed by atoms with E-state index in [2.05, 4.69) is 9.97 Å². The van der Waals surface area contributed by atoms with Crippen LogP contribution < -0.4 is 10.6 Å². The van der Waals surface area contributed by atoms with Gasteiger partial charge in [0.15, 0.2) is 0 Å². The fourth-order valence-corrected chi connectivity index (χ4v) is 2.81. The molecule has 0 unspecified atom stereocenters. The zero-order chi connectivity index (χ0) is 17.1. The van der Waals surface area contributed by atoms with E-state index in [1.165, 1.54) is 12.1 Å². The van der Waals surface area contributed by atoms with Crippen molar-refractivity contribution in [2.24, 2.45) is 0 Å². The van der Waals surface area contributed by atoms with E-state index < -0.39 is 11.8 Å². The van der Waals surface area contributed by atoms with Crippen LogP contribution in [0.5, 0.6) is 0 Å². The number of hydrogen-bond donors (Lipinski definition) is 1. The molecular formula is C17H19FN4O2. The van der Waals surface area contributed by atoms with Crippen LogP contribution in [0.2, 0.25) is 0 Å². The highest BCUT2D eigenvalue weighted by atomic mass is 19.1. The molecule has 0 bridgehead atoms. The van der Waals surface area contributed by atoms with Gasteiger partial charge in [-0.3, -0.25) is 0 Å². The monoisotopic (exact) mass is 330 g/mol. The Labute approximate surface area is 139 Å². The van der Waals surface area contributed by atoms with E-state index in [0.29, 0.717) is 17.9 Å². The Hall–Kier alpha value is -2.70. The number of ether oxygens (including phenoxy) is 1. The van der Waals surface area contributed by atoms with Crippen molar-refractivity contribution in [3.63, 3.8) is 0 Å². The molecule has 1 fully saturated rings. The second kappa shape index (κ2) is 6.82. The molecular weight excluding hydrogens is 311 g/mol. The van der Waals surface area contributed by atoms with Crippen molar-refractivity contribution in [2.45, 2.75) is 25.9 Å². The number of benzene rings is 1. The number of piperidine rings is 1. The highest BCUT2D eigenvalue weighted by Gasteiger charge is 2.25. The number of nitrogens with zero attached hydrogens (tertiary/aromatic N) is 3. The van der Waals surface area contributed by atoms with E-state index in [0.717, 1.165) is 19.4 Å². The van der Waals surface area contributed by atoms with E-state index in [1.807, 2.05) is 4.90 Å². The zero-order valence-electron chi connectivity index (χ0n) is 13.4. The summed E-state index contributed by atoms with van der Waals surface area (Å²) in [6.45, 7) is 3.09. The molecule has 2 heterocycles. The first-order valence-corrected chi connectivity index (χ1v) is 7.83. The Bertz CT molecular complexity index is 753. The summed E-state index contributed by atoms with van der Waals surface area (Å²) in [5.74, 6) is -0.0254. The topological polar surface area (TPSA) is 81.3 Å². The van der Waals surface area contributed by atoms with Crippen molar-refractivity contribution in [1.82, 2.24) is 9.97 Å². The molecule has 0 saturated carbocycles. The lowest BCUT2D eigenvalue weighted by Crippen LogP contribution is -2.41. The lowest BCUT2D eigenvalue weighted by atomic mass is 10.1. The summed E-state index contributed by atoms with van der Waals surface area (Å²) in [4.78, 5) is 22.4. The lowest BCUT2D eigenvalue weighted by Gasteiger charge is -2.33. The molecule has 1 atom stereocenters. The van der Waals surface area contributed by atoms with Gasteiger partial charge in [0, 0.05) is 12.7 Å². The minimum Gasteiger partial charge on any atom is -0.457 e. The van der Waals surface area contributed by atoms with Crippen molar-refractivity contribution in [3.8, 4) is 0 Å². The van der Waals surface area contributed by atoms with Crippen LogP contribution in [-0.4, -0.2) is 35.1 Å². The van der Waals surface area contributed by atoms with E-state index in [1.54, 1.807) is 25.3 Å². The number of hydrogen-bond acceptors (Lipinski definition) is 6. The van der Waals surface area contributed by atoms with Crippen molar-refractivity contribution in [2.75, 3.05) is 23.7 Å². The Morgan fingerprint density at radius 2 is 2.25 bits per heavy atom. The maximum Gasteiger partial charge on any atom is 0.338 e. The first kappa shape index (κ1) is 16.2. The summed E-state index contributed by atoms with van der Waals surface area (Å²) < 4.78 is 18.9. The summed E-state index contributed by atoms with van der Waals surface area (Å²) in [6.07, 6.45) is 2.95. The highest BCUT2D eigenvalue weighted by molar-refractivity contribution is 5.91. The Morgan fingerprint density at radius 1 is 1.42 bits per heavy atom. The number of rotatable bonds is 3. The van der Waals surface area contributed by atoms with Crippen molar-refractivity contribution >= 4 is 17.7 Å². The second-order valence-electron chi connectivity index (χ2n) is 5.85. The molecule has 1 aromatic heterocycles. The van der Waals surface area contributed by atoms with Gasteiger partial charge in [-0.1, -0.05) is 6.07 Å². The predicted molar refractivity (Wildman–Crippen MR) is 88.2 cm³/mol. The number of anilines is 2. The van der Waals surface area contributed by atoms with E-state index >= 15 is 0 Å². The van der Waals surface area contributed by atoms with Gasteiger partial charge in [-0.15, -0.1) is 0 Å². The van der Waals surface area contributed by atoms with Gasteiger partial charge >= 0.3 is 5.97 Å². The Morgan fingerprint density at radius 3 is 3.04 bits per heavy atom. The number of esters is 1. The van der Waals surface area contributed by atoms with Crippen LogP contribution in [0.3, 0.4) is 0 Å². The highest BCUT2D eigenvalue weighted by Crippen LogP contribution is 2.21. The van der Waals surface area contributed by atoms with Gasteiger partial charge in [-0.2, -0.15) is 4.98 Å². The summed E-state index contributed by atoms with van der Waals surface area (Å²) in [7, 11) is 0. The number of carbonyl (C=O) groups excluding carboxylic acids is 1. The maximum atomic E-state index is 13.4. The van der Waals surface area contributed by atoms with Gasteiger partial charge in [0.25, 0.3) is 0 Å². The molecule has 1 aromatic carbocycles. The molecule has 0 spiro atoms. The molecule has 0 amide bonds. The smallest absolute Gasteiger partial charge is 0.338 e. The average Bonchev–Trinajstić information content (AvgIpc) is 2.57. The molecule has 2 N–H and O–H groups in total. The number of carbonyl (C=O) groups is 1. The first-order valence-electron chi connectivity index (χ1n) is 7.83. The Kier molecular flexibility index (Phi) is 4.59. The number of halogens is 1. The van der Waals surface area contributed by atoms with Crippen molar-refractivity contribution < 1.29 is 13.9 Å². The summed E-state index contributed by atoms with van der Waals surface area (Å²) in [6, 6.07) is 5.89. The largest absolute Gasteiger partial charge is 0.457 e. The van der Waals surface area contributed by atoms with Gasteiger partial charge in [0.2, 0.25) is 5.95 Å². The lowest BCUT2D eigenvalue weighted by molar-refractivity contribution is 0.0268. The average molecular weight is 330 g/mol. The third-order valence-corrected chi connectivity index (χ3v) is 4.05. The third-order valence-electron chi connectivity index (χ3n) is 4.05. The molecule has 1 saturated heterocycles. The molecule has 1 aliphatic heterocycles. The normalized spacial score (nSPS) is 17.6. The number of aromatic nitrogens is 2. The zero-order valence-corrected chi connectivity index (χ0v) is 13.4. The maximum absolute atomic E-state index is 13.4. The molecule has 1 aliphatic rings. The fraction of sp³-hybridized carbons (Fsp3) is 0.353. The van der Waals surface area contributed by atoms with Crippen LogP contribution >= 0.6 is 0 Å². The third kappa shape index (κ3) is 3.61. The van der Waals surface area contributed by atoms with Crippen LogP contribution in [0.4, 0.5) is 16.2 Å². The van der Waals surface area contributed by atoms with Gasteiger partial charge in [0.05, 0.1) is 12.1 Å². The molecule has 126 valence electrons. The molecule has 2 aromatic rings.